The fourth-order valence-corrected chi connectivity index (χ4v) is 2.17. The SMILES string of the molecule is Cc1ccc(Cn2cnc(NC(=O)Cn3nccc3C)n2)cc1. The Balaban J connectivity index is 1.59. The van der Waals surface area contributed by atoms with Crippen molar-refractivity contribution in [3.63, 3.8) is 0 Å². The first-order chi connectivity index (χ1) is 11.1. The van der Waals surface area contributed by atoms with Crippen LogP contribution < -0.4 is 5.32 Å². The molecule has 0 spiro atoms. The second-order valence-electron chi connectivity index (χ2n) is 5.43. The lowest BCUT2D eigenvalue weighted by Gasteiger charge is -2.04. The van der Waals surface area contributed by atoms with E-state index in [1.54, 1.807) is 21.9 Å². The maximum absolute atomic E-state index is 12.0. The predicted octanol–water partition coefficient (Wildman–Crippen LogP) is 1.78. The van der Waals surface area contributed by atoms with Crippen LogP contribution in [-0.2, 0) is 17.9 Å². The second kappa shape index (κ2) is 6.43. The van der Waals surface area contributed by atoms with Gasteiger partial charge in [-0.15, -0.1) is 5.10 Å². The zero-order valence-corrected chi connectivity index (χ0v) is 13.1. The molecule has 2 heterocycles. The van der Waals surface area contributed by atoms with E-state index < -0.39 is 0 Å². The van der Waals surface area contributed by atoms with Crippen molar-refractivity contribution in [2.45, 2.75) is 26.9 Å². The summed E-state index contributed by atoms with van der Waals surface area (Å²) in [4.78, 5) is 16.1. The first-order valence-electron chi connectivity index (χ1n) is 7.33. The largest absolute Gasteiger partial charge is 0.292 e. The number of aryl methyl sites for hydroxylation is 2. The number of anilines is 1. The highest BCUT2D eigenvalue weighted by atomic mass is 16.2. The number of aromatic nitrogens is 5. The minimum atomic E-state index is -0.204. The Morgan fingerprint density at radius 2 is 1.96 bits per heavy atom. The normalized spacial score (nSPS) is 10.7. The van der Waals surface area contributed by atoms with Crippen molar-refractivity contribution < 1.29 is 4.79 Å². The topological polar surface area (TPSA) is 77.6 Å². The van der Waals surface area contributed by atoms with Crippen molar-refractivity contribution in [2.75, 3.05) is 5.32 Å². The molecule has 0 aliphatic rings. The highest BCUT2D eigenvalue weighted by Gasteiger charge is 2.09. The summed E-state index contributed by atoms with van der Waals surface area (Å²) in [6.45, 7) is 4.70. The first-order valence-corrected chi connectivity index (χ1v) is 7.33. The van der Waals surface area contributed by atoms with Gasteiger partial charge in [0.2, 0.25) is 11.9 Å². The van der Waals surface area contributed by atoms with Gasteiger partial charge in [0.25, 0.3) is 0 Å². The molecule has 0 fully saturated rings. The second-order valence-corrected chi connectivity index (χ2v) is 5.43. The fourth-order valence-electron chi connectivity index (χ4n) is 2.17. The van der Waals surface area contributed by atoms with Gasteiger partial charge in [0.1, 0.15) is 12.9 Å². The fraction of sp³-hybridized carbons (Fsp3) is 0.250. The summed E-state index contributed by atoms with van der Waals surface area (Å²) >= 11 is 0. The molecule has 1 aromatic carbocycles. The van der Waals surface area contributed by atoms with Gasteiger partial charge >= 0.3 is 0 Å². The van der Waals surface area contributed by atoms with Crippen LogP contribution in [-0.4, -0.2) is 30.5 Å². The smallest absolute Gasteiger partial charge is 0.248 e. The van der Waals surface area contributed by atoms with E-state index in [1.807, 2.05) is 19.9 Å². The van der Waals surface area contributed by atoms with Crippen LogP contribution in [0.15, 0.2) is 42.9 Å². The van der Waals surface area contributed by atoms with E-state index in [-0.39, 0.29) is 12.5 Å². The molecule has 0 bridgehead atoms. The molecule has 0 aliphatic heterocycles. The summed E-state index contributed by atoms with van der Waals surface area (Å²) in [7, 11) is 0. The van der Waals surface area contributed by atoms with E-state index in [0.29, 0.717) is 12.5 Å². The number of benzene rings is 1. The van der Waals surface area contributed by atoms with Gasteiger partial charge in [0.05, 0.1) is 6.54 Å². The van der Waals surface area contributed by atoms with Crippen LogP contribution in [0.1, 0.15) is 16.8 Å². The van der Waals surface area contributed by atoms with Crippen LogP contribution in [0.3, 0.4) is 0 Å². The van der Waals surface area contributed by atoms with E-state index in [0.717, 1.165) is 11.3 Å². The minimum Gasteiger partial charge on any atom is -0.292 e. The maximum atomic E-state index is 12.0. The Kier molecular flexibility index (Phi) is 4.18. The first kappa shape index (κ1) is 15.0. The zero-order chi connectivity index (χ0) is 16.2. The van der Waals surface area contributed by atoms with Crippen LogP contribution in [0.4, 0.5) is 5.95 Å². The van der Waals surface area contributed by atoms with Gasteiger partial charge in [0.15, 0.2) is 0 Å². The summed E-state index contributed by atoms with van der Waals surface area (Å²) in [5, 5.41) is 11.0. The van der Waals surface area contributed by atoms with Crippen molar-refractivity contribution >= 4 is 11.9 Å². The van der Waals surface area contributed by atoms with E-state index in [9.17, 15) is 4.79 Å². The quantitative estimate of drug-likeness (QED) is 0.779. The van der Waals surface area contributed by atoms with Crippen molar-refractivity contribution in [3.8, 4) is 0 Å². The van der Waals surface area contributed by atoms with Gasteiger partial charge in [-0.2, -0.15) is 5.10 Å². The van der Waals surface area contributed by atoms with Gasteiger partial charge in [-0.25, -0.2) is 9.67 Å². The molecule has 3 rings (SSSR count). The Morgan fingerprint density at radius 1 is 1.17 bits per heavy atom. The molecule has 0 saturated heterocycles. The lowest BCUT2D eigenvalue weighted by Crippen LogP contribution is -2.21. The molecule has 7 nitrogen and oxygen atoms in total. The number of rotatable bonds is 5. The van der Waals surface area contributed by atoms with E-state index in [1.165, 1.54) is 5.56 Å². The highest BCUT2D eigenvalue weighted by molar-refractivity contribution is 5.88. The van der Waals surface area contributed by atoms with Crippen molar-refractivity contribution in [1.82, 2.24) is 24.5 Å². The standard InChI is InChI=1S/C16H18N6O/c1-12-3-5-14(6-4-12)9-21-11-17-16(20-21)19-15(23)10-22-13(2)7-8-18-22/h3-8,11H,9-10H2,1-2H3,(H,19,20,23). The third kappa shape index (κ3) is 3.82. The number of hydrogen-bond donors (Lipinski definition) is 1. The molecule has 2 aromatic heterocycles. The van der Waals surface area contributed by atoms with E-state index >= 15 is 0 Å². The molecular formula is C16H18N6O. The van der Waals surface area contributed by atoms with Crippen LogP contribution in [0.5, 0.6) is 0 Å². The maximum Gasteiger partial charge on any atom is 0.248 e. The molecular weight excluding hydrogens is 292 g/mol. The van der Waals surface area contributed by atoms with E-state index in [2.05, 4.69) is 44.8 Å². The summed E-state index contributed by atoms with van der Waals surface area (Å²) < 4.78 is 3.32. The van der Waals surface area contributed by atoms with Crippen molar-refractivity contribution in [2.24, 2.45) is 0 Å². The Bertz CT molecular complexity index is 802. The van der Waals surface area contributed by atoms with Crippen LogP contribution in [0.25, 0.3) is 0 Å². The molecule has 1 amide bonds. The number of amides is 1. The van der Waals surface area contributed by atoms with E-state index in [4.69, 9.17) is 0 Å². The predicted molar refractivity (Wildman–Crippen MR) is 85.9 cm³/mol. The molecule has 0 unspecified atom stereocenters. The molecule has 23 heavy (non-hydrogen) atoms. The molecule has 0 atom stereocenters. The van der Waals surface area contributed by atoms with Gasteiger partial charge < -0.3 is 0 Å². The Hall–Kier alpha value is -2.96. The third-order valence-corrected chi connectivity index (χ3v) is 3.48. The molecule has 0 saturated carbocycles. The highest BCUT2D eigenvalue weighted by Crippen LogP contribution is 2.06. The molecule has 0 radical (unpaired) electrons. The Morgan fingerprint density at radius 3 is 2.65 bits per heavy atom. The Labute approximate surface area is 134 Å². The van der Waals surface area contributed by atoms with Gasteiger partial charge in [0, 0.05) is 11.9 Å². The van der Waals surface area contributed by atoms with Crippen LogP contribution in [0.2, 0.25) is 0 Å². The van der Waals surface area contributed by atoms with Gasteiger partial charge in [-0.05, 0) is 25.5 Å². The number of carbonyl (C=O) groups excluding carboxylic acids is 1. The lowest BCUT2D eigenvalue weighted by atomic mass is 10.1. The van der Waals surface area contributed by atoms with Gasteiger partial charge in [-0.1, -0.05) is 29.8 Å². The van der Waals surface area contributed by atoms with Crippen molar-refractivity contribution in [3.05, 3.63) is 59.7 Å². The zero-order valence-electron chi connectivity index (χ0n) is 13.1. The monoisotopic (exact) mass is 310 g/mol. The molecule has 0 aliphatic carbocycles. The van der Waals surface area contributed by atoms with Crippen LogP contribution in [0, 0.1) is 13.8 Å². The summed E-state index contributed by atoms with van der Waals surface area (Å²) in [5.74, 6) is 0.0943. The van der Waals surface area contributed by atoms with Crippen LogP contribution >= 0.6 is 0 Å². The average molecular weight is 310 g/mol. The summed E-state index contributed by atoms with van der Waals surface area (Å²) in [5.41, 5.74) is 3.28. The van der Waals surface area contributed by atoms with Gasteiger partial charge in [-0.3, -0.25) is 14.8 Å². The number of nitrogens with zero attached hydrogens (tertiary/aromatic N) is 5. The number of carbonyl (C=O) groups is 1. The third-order valence-electron chi connectivity index (χ3n) is 3.48. The summed E-state index contributed by atoms with van der Waals surface area (Å²) in [6, 6.07) is 10.1. The molecule has 7 heteroatoms. The number of hydrogen-bond acceptors (Lipinski definition) is 4. The van der Waals surface area contributed by atoms with Crippen molar-refractivity contribution in [1.29, 1.82) is 0 Å². The lowest BCUT2D eigenvalue weighted by molar-refractivity contribution is -0.117. The number of nitrogens with one attached hydrogen (secondary N) is 1. The minimum absolute atomic E-state index is 0.144. The molecule has 118 valence electrons. The molecule has 1 N–H and O–H groups in total. The average Bonchev–Trinajstić information content (AvgIpc) is 3.11. The molecule has 3 aromatic rings. The summed E-state index contributed by atoms with van der Waals surface area (Å²) in [6.07, 6.45) is 3.27.